The number of aromatic nitrogens is 2. The number of nitrogens with zero attached hydrogens (tertiary/aromatic N) is 2. The van der Waals surface area contributed by atoms with E-state index in [4.69, 9.17) is 9.47 Å². The van der Waals surface area contributed by atoms with Gasteiger partial charge in [0, 0.05) is 32.0 Å². The van der Waals surface area contributed by atoms with Crippen molar-refractivity contribution in [1.29, 1.82) is 0 Å². The molecule has 98 valence electrons. The summed E-state index contributed by atoms with van der Waals surface area (Å²) < 4.78 is 12.3. The van der Waals surface area contributed by atoms with Crippen LogP contribution in [0.3, 0.4) is 0 Å². The number of ether oxygens (including phenoxy) is 2. The topological polar surface area (TPSA) is 48.3 Å². The third kappa shape index (κ3) is 6.41. The maximum Gasteiger partial charge on any atom is 0.0666 e. The molecule has 5 heteroatoms. The molecule has 5 nitrogen and oxygen atoms in total. The molecule has 0 aliphatic heterocycles. The van der Waals surface area contributed by atoms with Crippen molar-refractivity contribution in [2.24, 2.45) is 0 Å². The second-order valence-electron chi connectivity index (χ2n) is 4.20. The van der Waals surface area contributed by atoms with Crippen LogP contribution in [0.15, 0.2) is 12.4 Å². The standard InChI is InChI=1S/C12H23N3O2/c1-11(2)17-7-5-15-10-12(9-14-15)8-13-4-6-16-3/h9-11,13H,4-8H2,1-3H3. The first-order chi connectivity index (χ1) is 8.22. The summed E-state index contributed by atoms with van der Waals surface area (Å²) in [7, 11) is 1.70. The van der Waals surface area contributed by atoms with Gasteiger partial charge in [0.25, 0.3) is 0 Å². The van der Waals surface area contributed by atoms with Gasteiger partial charge in [-0.1, -0.05) is 0 Å². The Bertz CT molecular complexity index is 300. The lowest BCUT2D eigenvalue weighted by Gasteiger charge is -2.06. The zero-order valence-electron chi connectivity index (χ0n) is 11.0. The fourth-order valence-corrected chi connectivity index (χ4v) is 1.41. The molecule has 1 aromatic rings. The van der Waals surface area contributed by atoms with Gasteiger partial charge in [-0.25, -0.2) is 0 Å². The van der Waals surface area contributed by atoms with Gasteiger partial charge in [-0.15, -0.1) is 0 Å². The minimum absolute atomic E-state index is 0.278. The highest BCUT2D eigenvalue weighted by molar-refractivity contribution is 5.03. The van der Waals surface area contributed by atoms with Crippen LogP contribution in [0.1, 0.15) is 19.4 Å². The Balaban J connectivity index is 2.18. The molecule has 0 saturated carbocycles. The minimum Gasteiger partial charge on any atom is -0.383 e. The molecule has 1 rings (SSSR count). The van der Waals surface area contributed by atoms with Crippen LogP contribution in [0.4, 0.5) is 0 Å². The Kier molecular flexibility index (Phi) is 6.84. The van der Waals surface area contributed by atoms with Crippen molar-refractivity contribution in [3.05, 3.63) is 18.0 Å². The highest BCUT2D eigenvalue weighted by Crippen LogP contribution is 1.98. The average molecular weight is 241 g/mol. The minimum atomic E-state index is 0.278. The summed E-state index contributed by atoms with van der Waals surface area (Å²) in [5.74, 6) is 0. The zero-order valence-corrected chi connectivity index (χ0v) is 11.0. The average Bonchev–Trinajstić information content (AvgIpc) is 2.72. The quantitative estimate of drug-likeness (QED) is 0.656. The van der Waals surface area contributed by atoms with Crippen LogP contribution < -0.4 is 5.32 Å². The fraction of sp³-hybridized carbons (Fsp3) is 0.750. The monoisotopic (exact) mass is 241 g/mol. The molecule has 0 aliphatic carbocycles. The summed E-state index contributed by atoms with van der Waals surface area (Å²) in [6.07, 6.45) is 4.21. The van der Waals surface area contributed by atoms with Crippen molar-refractivity contribution in [3.8, 4) is 0 Å². The Morgan fingerprint density at radius 1 is 1.41 bits per heavy atom. The molecule has 17 heavy (non-hydrogen) atoms. The maximum absolute atomic E-state index is 5.48. The smallest absolute Gasteiger partial charge is 0.0666 e. The van der Waals surface area contributed by atoms with Crippen molar-refractivity contribution >= 4 is 0 Å². The summed E-state index contributed by atoms with van der Waals surface area (Å²) in [5, 5.41) is 7.56. The largest absolute Gasteiger partial charge is 0.383 e. The predicted molar refractivity (Wildman–Crippen MR) is 66.9 cm³/mol. The summed E-state index contributed by atoms with van der Waals surface area (Å²) in [6, 6.07) is 0. The van der Waals surface area contributed by atoms with E-state index in [1.807, 2.05) is 30.9 Å². The van der Waals surface area contributed by atoms with Gasteiger partial charge >= 0.3 is 0 Å². The van der Waals surface area contributed by atoms with Crippen LogP contribution in [-0.2, 0) is 22.6 Å². The number of methoxy groups -OCH3 is 1. The predicted octanol–water partition coefficient (Wildman–Crippen LogP) is 1.04. The van der Waals surface area contributed by atoms with Gasteiger partial charge in [-0.05, 0) is 13.8 Å². The maximum atomic E-state index is 5.48. The van der Waals surface area contributed by atoms with Crippen LogP contribution in [0.25, 0.3) is 0 Å². The van der Waals surface area contributed by atoms with E-state index in [-0.39, 0.29) is 6.10 Å². The number of hydrogen-bond donors (Lipinski definition) is 1. The van der Waals surface area contributed by atoms with Crippen molar-refractivity contribution in [2.75, 3.05) is 26.9 Å². The lowest BCUT2D eigenvalue weighted by molar-refractivity contribution is 0.0709. The second-order valence-corrected chi connectivity index (χ2v) is 4.20. The molecule has 1 heterocycles. The fourth-order valence-electron chi connectivity index (χ4n) is 1.41. The molecule has 0 aliphatic rings. The van der Waals surface area contributed by atoms with E-state index in [1.54, 1.807) is 7.11 Å². The van der Waals surface area contributed by atoms with E-state index in [0.29, 0.717) is 6.61 Å². The Hall–Kier alpha value is -0.910. The summed E-state index contributed by atoms with van der Waals surface area (Å²) >= 11 is 0. The molecule has 0 amide bonds. The van der Waals surface area contributed by atoms with Crippen molar-refractivity contribution in [1.82, 2.24) is 15.1 Å². The van der Waals surface area contributed by atoms with Crippen LogP contribution in [0.5, 0.6) is 0 Å². The highest BCUT2D eigenvalue weighted by Gasteiger charge is 1.99. The van der Waals surface area contributed by atoms with Gasteiger partial charge in [0.05, 0.1) is 32.1 Å². The summed E-state index contributed by atoms with van der Waals surface area (Å²) in [4.78, 5) is 0. The third-order valence-corrected chi connectivity index (χ3v) is 2.27. The van der Waals surface area contributed by atoms with Crippen molar-refractivity contribution in [3.63, 3.8) is 0 Å². The van der Waals surface area contributed by atoms with E-state index in [9.17, 15) is 0 Å². The molecule has 0 spiro atoms. The van der Waals surface area contributed by atoms with Crippen LogP contribution >= 0.6 is 0 Å². The summed E-state index contributed by atoms with van der Waals surface area (Å²) in [5.41, 5.74) is 1.19. The van der Waals surface area contributed by atoms with Gasteiger partial charge < -0.3 is 14.8 Å². The molecular weight excluding hydrogens is 218 g/mol. The Morgan fingerprint density at radius 2 is 2.24 bits per heavy atom. The van der Waals surface area contributed by atoms with E-state index >= 15 is 0 Å². The van der Waals surface area contributed by atoms with Crippen LogP contribution in [0.2, 0.25) is 0 Å². The van der Waals surface area contributed by atoms with Crippen LogP contribution in [0, 0.1) is 0 Å². The first-order valence-electron chi connectivity index (χ1n) is 6.05. The van der Waals surface area contributed by atoms with E-state index < -0.39 is 0 Å². The normalized spacial score (nSPS) is 11.3. The SMILES string of the molecule is COCCNCc1cnn(CCOC(C)C)c1. The van der Waals surface area contributed by atoms with Gasteiger partial charge in [0.1, 0.15) is 0 Å². The zero-order chi connectivity index (χ0) is 12.5. The molecule has 0 unspecified atom stereocenters. The van der Waals surface area contributed by atoms with E-state index in [1.165, 1.54) is 5.56 Å². The molecule has 0 saturated heterocycles. The third-order valence-electron chi connectivity index (χ3n) is 2.27. The first kappa shape index (κ1) is 14.2. The Labute approximate surface area is 103 Å². The second kappa shape index (κ2) is 8.22. The molecule has 1 N–H and O–H groups in total. The Morgan fingerprint density at radius 3 is 2.94 bits per heavy atom. The molecule has 0 radical (unpaired) electrons. The summed E-state index contributed by atoms with van der Waals surface area (Å²) in [6.45, 7) is 8.00. The van der Waals surface area contributed by atoms with Crippen molar-refractivity contribution < 1.29 is 9.47 Å². The van der Waals surface area contributed by atoms with Crippen molar-refractivity contribution in [2.45, 2.75) is 33.0 Å². The molecule has 0 atom stereocenters. The van der Waals surface area contributed by atoms with Gasteiger partial charge in [0.15, 0.2) is 0 Å². The van der Waals surface area contributed by atoms with Gasteiger partial charge in [-0.3, -0.25) is 4.68 Å². The molecule has 0 aromatic carbocycles. The van der Waals surface area contributed by atoms with Gasteiger partial charge in [0.2, 0.25) is 0 Å². The first-order valence-corrected chi connectivity index (χ1v) is 6.05. The van der Waals surface area contributed by atoms with Gasteiger partial charge in [-0.2, -0.15) is 5.10 Å². The molecule has 0 fully saturated rings. The lowest BCUT2D eigenvalue weighted by Crippen LogP contribution is -2.18. The number of nitrogens with one attached hydrogen (secondary N) is 1. The molecule has 1 aromatic heterocycles. The van der Waals surface area contributed by atoms with E-state index in [2.05, 4.69) is 10.4 Å². The lowest BCUT2D eigenvalue weighted by atomic mass is 10.3. The number of rotatable bonds is 9. The number of hydrogen-bond acceptors (Lipinski definition) is 4. The van der Waals surface area contributed by atoms with E-state index in [0.717, 1.165) is 26.2 Å². The molecule has 0 bridgehead atoms. The molecular formula is C12H23N3O2. The highest BCUT2D eigenvalue weighted by atomic mass is 16.5. The van der Waals surface area contributed by atoms with Crippen LogP contribution in [-0.4, -0.2) is 42.8 Å².